The topological polar surface area (TPSA) is 42.4 Å². The highest BCUT2D eigenvalue weighted by Crippen LogP contribution is 2.46. The number of pyridine rings is 1. The van der Waals surface area contributed by atoms with Gasteiger partial charge in [-0.3, -0.25) is 4.79 Å². The summed E-state index contributed by atoms with van der Waals surface area (Å²) in [5.41, 5.74) is 0. The SMILES string of the molecule is CSCC(=O)N1CC2(C[C@@H](Oc3ccccn3)CS2)C1. The monoisotopic (exact) mass is 310 g/mol. The molecule has 20 heavy (non-hydrogen) atoms. The normalized spacial score (nSPS) is 23.6. The molecule has 4 nitrogen and oxygen atoms in total. The molecule has 0 radical (unpaired) electrons. The van der Waals surface area contributed by atoms with Gasteiger partial charge in [0.1, 0.15) is 6.10 Å². The van der Waals surface area contributed by atoms with Gasteiger partial charge in [0, 0.05) is 37.5 Å². The zero-order valence-corrected chi connectivity index (χ0v) is 13.1. The molecule has 0 saturated carbocycles. The van der Waals surface area contributed by atoms with Gasteiger partial charge in [-0.05, 0) is 12.3 Å². The van der Waals surface area contributed by atoms with Gasteiger partial charge in [0.15, 0.2) is 0 Å². The fourth-order valence-electron chi connectivity index (χ4n) is 2.73. The van der Waals surface area contributed by atoms with Gasteiger partial charge in [0.2, 0.25) is 11.8 Å². The molecule has 2 fully saturated rings. The van der Waals surface area contributed by atoms with Crippen LogP contribution in [0.1, 0.15) is 6.42 Å². The van der Waals surface area contributed by atoms with E-state index >= 15 is 0 Å². The molecule has 108 valence electrons. The standard InChI is InChI=1S/C14H18N2O2S2/c1-19-8-13(17)16-9-14(10-16)6-11(7-20-14)18-12-4-2-3-5-15-12/h2-5,11H,6-10H2,1H3/t11-/m1/s1. The van der Waals surface area contributed by atoms with E-state index in [1.54, 1.807) is 18.0 Å². The fraction of sp³-hybridized carbons (Fsp3) is 0.571. The molecule has 0 aliphatic carbocycles. The minimum absolute atomic E-state index is 0.215. The van der Waals surface area contributed by atoms with E-state index < -0.39 is 0 Å². The maximum absolute atomic E-state index is 11.8. The van der Waals surface area contributed by atoms with Crippen molar-refractivity contribution in [2.45, 2.75) is 17.3 Å². The van der Waals surface area contributed by atoms with Crippen LogP contribution in [0.2, 0.25) is 0 Å². The van der Waals surface area contributed by atoms with Crippen LogP contribution in [0.3, 0.4) is 0 Å². The molecule has 0 aromatic carbocycles. The van der Waals surface area contributed by atoms with E-state index in [0.29, 0.717) is 11.6 Å². The second kappa shape index (κ2) is 5.85. The third-order valence-electron chi connectivity index (χ3n) is 3.68. The molecule has 1 aromatic rings. The molecule has 1 spiro atoms. The van der Waals surface area contributed by atoms with Crippen molar-refractivity contribution in [3.8, 4) is 5.88 Å². The Kier molecular flexibility index (Phi) is 4.12. The number of rotatable bonds is 4. The number of hydrogen-bond donors (Lipinski definition) is 0. The van der Waals surface area contributed by atoms with Crippen LogP contribution < -0.4 is 4.74 Å². The Morgan fingerprint density at radius 2 is 2.45 bits per heavy atom. The Hall–Kier alpha value is -0.880. The summed E-state index contributed by atoms with van der Waals surface area (Å²) >= 11 is 3.53. The number of thioether (sulfide) groups is 2. The number of likely N-dealkylation sites (tertiary alicyclic amines) is 1. The lowest BCUT2D eigenvalue weighted by Gasteiger charge is -2.47. The zero-order chi connectivity index (χ0) is 14.0. The van der Waals surface area contributed by atoms with Crippen molar-refractivity contribution in [2.75, 3.05) is 30.9 Å². The summed E-state index contributed by atoms with van der Waals surface area (Å²) in [5.74, 6) is 2.54. The molecule has 1 atom stereocenters. The van der Waals surface area contributed by atoms with Crippen molar-refractivity contribution < 1.29 is 9.53 Å². The maximum Gasteiger partial charge on any atom is 0.232 e. The molecule has 0 bridgehead atoms. The second-order valence-corrected chi connectivity index (χ2v) is 7.64. The maximum atomic E-state index is 11.8. The van der Waals surface area contributed by atoms with Crippen molar-refractivity contribution in [3.05, 3.63) is 24.4 Å². The van der Waals surface area contributed by atoms with Crippen LogP contribution in [0.15, 0.2) is 24.4 Å². The first-order chi connectivity index (χ1) is 9.71. The Labute approximate surface area is 127 Å². The third-order valence-corrected chi connectivity index (χ3v) is 5.79. The summed E-state index contributed by atoms with van der Waals surface area (Å²) in [7, 11) is 0. The predicted molar refractivity (Wildman–Crippen MR) is 83.4 cm³/mol. The van der Waals surface area contributed by atoms with Gasteiger partial charge in [-0.1, -0.05) is 6.07 Å². The number of carbonyl (C=O) groups is 1. The average molecular weight is 310 g/mol. The molecule has 6 heteroatoms. The van der Waals surface area contributed by atoms with Crippen molar-refractivity contribution in [3.63, 3.8) is 0 Å². The Morgan fingerprint density at radius 1 is 1.60 bits per heavy atom. The van der Waals surface area contributed by atoms with Crippen LogP contribution in [0.4, 0.5) is 0 Å². The lowest BCUT2D eigenvalue weighted by molar-refractivity contribution is -0.133. The van der Waals surface area contributed by atoms with Gasteiger partial charge >= 0.3 is 0 Å². The van der Waals surface area contributed by atoms with E-state index in [0.717, 1.165) is 25.3 Å². The van der Waals surface area contributed by atoms with Crippen molar-refractivity contribution in [1.29, 1.82) is 0 Å². The summed E-state index contributed by atoms with van der Waals surface area (Å²) < 4.78 is 6.14. The molecular weight excluding hydrogens is 292 g/mol. The van der Waals surface area contributed by atoms with Gasteiger partial charge in [-0.15, -0.1) is 11.8 Å². The molecule has 2 aliphatic heterocycles. The lowest BCUT2D eigenvalue weighted by Crippen LogP contribution is -2.61. The number of carbonyl (C=O) groups excluding carboxylic acids is 1. The summed E-state index contributed by atoms with van der Waals surface area (Å²) in [6, 6.07) is 5.72. The minimum Gasteiger partial charge on any atom is -0.473 e. The number of hydrogen-bond acceptors (Lipinski definition) is 5. The van der Waals surface area contributed by atoms with Crippen molar-refractivity contribution >= 4 is 29.4 Å². The van der Waals surface area contributed by atoms with Gasteiger partial charge < -0.3 is 9.64 Å². The van der Waals surface area contributed by atoms with Crippen LogP contribution in [-0.2, 0) is 4.79 Å². The van der Waals surface area contributed by atoms with E-state index in [-0.39, 0.29) is 16.8 Å². The molecule has 3 rings (SSSR count). The van der Waals surface area contributed by atoms with Gasteiger partial charge in [-0.25, -0.2) is 4.98 Å². The van der Waals surface area contributed by atoms with E-state index in [2.05, 4.69) is 4.98 Å². The molecule has 2 saturated heterocycles. The smallest absolute Gasteiger partial charge is 0.232 e. The second-order valence-electron chi connectivity index (χ2n) is 5.29. The van der Waals surface area contributed by atoms with E-state index in [4.69, 9.17) is 4.74 Å². The number of amides is 1. The molecular formula is C14H18N2O2S2. The lowest BCUT2D eigenvalue weighted by atomic mass is 9.93. The number of ether oxygens (including phenoxy) is 1. The number of aromatic nitrogens is 1. The van der Waals surface area contributed by atoms with Gasteiger partial charge in [0.05, 0.1) is 10.5 Å². The fourth-order valence-corrected chi connectivity index (χ4v) is 4.68. The summed E-state index contributed by atoms with van der Waals surface area (Å²) in [6.07, 6.45) is 4.94. The summed E-state index contributed by atoms with van der Waals surface area (Å²) in [4.78, 5) is 18.0. The van der Waals surface area contributed by atoms with Gasteiger partial charge in [-0.2, -0.15) is 11.8 Å². The summed E-state index contributed by atoms with van der Waals surface area (Å²) in [5, 5.41) is 0. The van der Waals surface area contributed by atoms with Crippen LogP contribution in [-0.4, -0.2) is 57.5 Å². The Bertz CT molecular complexity index is 477. The quantitative estimate of drug-likeness (QED) is 0.850. The third kappa shape index (κ3) is 2.91. The largest absolute Gasteiger partial charge is 0.473 e. The first kappa shape index (κ1) is 14.1. The molecule has 3 heterocycles. The molecule has 1 amide bonds. The molecule has 0 N–H and O–H groups in total. The van der Waals surface area contributed by atoms with Crippen LogP contribution in [0.5, 0.6) is 5.88 Å². The van der Waals surface area contributed by atoms with Crippen LogP contribution in [0, 0.1) is 0 Å². The van der Waals surface area contributed by atoms with Crippen molar-refractivity contribution in [1.82, 2.24) is 9.88 Å². The first-order valence-corrected chi connectivity index (χ1v) is 9.07. The van der Waals surface area contributed by atoms with Crippen molar-refractivity contribution in [2.24, 2.45) is 0 Å². The highest BCUT2D eigenvalue weighted by atomic mass is 32.2. The Morgan fingerprint density at radius 3 is 3.15 bits per heavy atom. The number of nitrogens with zero attached hydrogens (tertiary/aromatic N) is 2. The van der Waals surface area contributed by atoms with Crippen LogP contribution in [0.25, 0.3) is 0 Å². The van der Waals surface area contributed by atoms with Gasteiger partial charge in [0.25, 0.3) is 0 Å². The molecule has 0 unspecified atom stereocenters. The average Bonchev–Trinajstić information content (AvgIpc) is 2.83. The van der Waals surface area contributed by atoms with E-state index in [1.807, 2.05) is 41.1 Å². The first-order valence-electron chi connectivity index (χ1n) is 6.69. The molecule has 1 aromatic heterocycles. The Balaban J connectivity index is 1.50. The summed E-state index contributed by atoms with van der Waals surface area (Å²) in [6.45, 7) is 1.75. The highest BCUT2D eigenvalue weighted by Gasteiger charge is 2.51. The predicted octanol–water partition coefficient (Wildman–Crippen LogP) is 1.91. The molecule has 2 aliphatic rings. The van der Waals surface area contributed by atoms with E-state index in [1.165, 1.54) is 0 Å². The van der Waals surface area contributed by atoms with E-state index in [9.17, 15) is 4.79 Å². The zero-order valence-electron chi connectivity index (χ0n) is 11.4. The minimum atomic E-state index is 0.215. The highest BCUT2D eigenvalue weighted by molar-refractivity contribution is 8.01. The van der Waals surface area contributed by atoms with Crippen LogP contribution >= 0.6 is 23.5 Å².